The third-order valence-electron chi connectivity index (χ3n) is 3.06. The van der Waals surface area contributed by atoms with E-state index in [1.165, 1.54) is 11.1 Å². The molecule has 0 amide bonds. The lowest BCUT2D eigenvalue weighted by atomic mass is 9.94. The predicted octanol–water partition coefficient (Wildman–Crippen LogP) is 1.73. The summed E-state index contributed by atoms with van der Waals surface area (Å²) in [5, 5.41) is 9.70. The lowest BCUT2D eigenvalue weighted by Gasteiger charge is -2.12. The molecule has 0 radical (unpaired) electrons. The van der Waals surface area contributed by atoms with E-state index in [0.717, 1.165) is 5.56 Å². The second-order valence-electron chi connectivity index (χ2n) is 4.37. The van der Waals surface area contributed by atoms with Gasteiger partial charge in [-0.3, -0.25) is 0 Å². The average molecular weight is 191 g/mol. The zero-order valence-corrected chi connectivity index (χ0v) is 8.70. The van der Waals surface area contributed by atoms with Crippen molar-refractivity contribution in [2.24, 2.45) is 5.73 Å². The lowest BCUT2D eigenvalue weighted by Crippen LogP contribution is -2.21. The van der Waals surface area contributed by atoms with Crippen molar-refractivity contribution in [1.29, 1.82) is 0 Å². The number of hydrogen-bond donors (Lipinski definition) is 2. The molecule has 0 heterocycles. The minimum atomic E-state index is -0.398. The molecule has 0 aliphatic heterocycles. The molecule has 0 unspecified atom stereocenters. The highest BCUT2D eigenvalue weighted by molar-refractivity contribution is 5.43. The minimum absolute atomic E-state index is 0.191. The first-order valence-electron chi connectivity index (χ1n) is 5.16. The van der Waals surface area contributed by atoms with Gasteiger partial charge in [-0.15, -0.1) is 0 Å². The van der Waals surface area contributed by atoms with Crippen molar-refractivity contribution in [2.45, 2.75) is 38.3 Å². The summed E-state index contributed by atoms with van der Waals surface area (Å²) in [6, 6.07) is 6.01. The quantitative estimate of drug-likeness (QED) is 0.710. The largest absolute Gasteiger partial charge is 0.391 e. The molecule has 1 aliphatic rings. The molecule has 1 aliphatic carbocycles. The Labute approximate surface area is 84.7 Å². The summed E-state index contributed by atoms with van der Waals surface area (Å²) in [7, 11) is 0. The molecule has 0 saturated carbocycles. The van der Waals surface area contributed by atoms with E-state index in [0.29, 0.717) is 12.3 Å². The first-order chi connectivity index (χ1) is 6.61. The Kier molecular flexibility index (Phi) is 2.33. The van der Waals surface area contributed by atoms with Gasteiger partial charge >= 0.3 is 0 Å². The van der Waals surface area contributed by atoms with Gasteiger partial charge in [0.2, 0.25) is 0 Å². The van der Waals surface area contributed by atoms with Crippen LogP contribution >= 0.6 is 0 Å². The number of fused-ring (bicyclic) bond motifs is 1. The van der Waals surface area contributed by atoms with Crippen molar-refractivity contribution in [3.8, 4) is 0 Å². The van der Waals surface area contributed by atoms with Crippen molar-refractivity contribution < 1.29 is 5.11 Å². The van der Waals surface area contributed by atoms with Gasteiger partial charge in [-0.05, 0) is 22.6 Å². The number of rotatable bonds is 1. The van der Waals surface area contributed by atoms with Gasteiger partial charge in [-0.25, -0.2) is 0 Å². The Morgan fingerprint density at radius 1 is 1.43 bits per heavy atom. The van der Waals surface area contributed by atoms with Gasteiger partial charge in [0.05, 0.1) is 12.1 Å². The highest BCUT2D eigenvalue weighted by atomic mass is 16.3. The Balaban J connectivity index is 2.50. The smallest absolute Gasteiger partial charge is 0.0773 e. The molecule has 1 aromatic carbocycles. The molecule has 2 rings (SSSR count). The summed E-state index contributed by atoms with van der Waals surface area (Å²) in [6.45, 7) is 4.34. The van der Waals surface area contributed by atoms with Crippen LogP contribution in [-0.2, 0) is 6.42 Å². The maximum absolute atomic E-state index is 9.70. The summed E-state index contributed by atoms with van der Waals surface area (Å²) in [6.07, 6.45) is 0.315. The summed E-state index contributed by atoms with van der Waals surface area (Å²) in [4.78, 5) is 0. The number of aliphatic hydroxyl groups excluding tert-OH is 1. The third-order valence-corrected chi connectivity index (χ3v) is 3.06. The molecular formula is C12H17NO. The Morgan fingerprint density at radius 3 is 2.79 bits per heavy atom. The van der Waals surface area contributed by atoms with Crippen LogP contribution in [0, 0.1) is 0 Å². The van der Waals surface area contributed by atoms with E-state index in [9.17, 15) is 5.11 Å². The van der Waals surface area contributed by atoms with Crippen molar-refractivity contribution in [3.63, 3.8) is 0 Å². The zero-order valence-electron chi connectivity index (χ0n) is 8.70. The Bertz CT molecular complexity index is 346. The molecule has 76 valence electrons. The van der Waals surface area contributed by atoms with Gasteiger partial charge in [0.25, 0.3) is 0 Å². The van der Waals surface area contributed by atoms with Crippen LogP contribution < -0.4 is 5.73 Å². The molecule has 2 nitrogen and oxygen atoms in total. The third kappa shape index (κ3) is 1.35. The van der Waals surface area contributed by atoms with Crippen molar-refractivity contribution in [2.75, 3.05) is 0 Å². The number of aliphatic hydroxyl groups is 1. The molecule has 0 spiro atoms. The van der Waals surface area contributed by atoms with Crippen molar-refractivity contribution in [1.82, 2.24) is 0 Å². The highest BCUT2D eigenvalue weighted by Gasteiger charge is 2.29. The monoisotopic (exact) mass is 191 g/mol. The van der Waals surface area contributed by atoms with E-state index >= 15 is 0 Å². The van der Waals surface area contributed by atoms with Gasteiger partial charge in [-0.1, -0.05) is 32.0 Å². The predicted molar refractivity (Wildman–Crippen MR) is 57.2 cm³/mol. The van der Waals surface area contributed by atoms with Crippen LogP contribution in [0.5, 0.6) is 0 Å². The van der Waals surface area contributed by atoms with Crippen LogP contribution in [0.1, 0.15) is 42.5 Å². The summed E-state index contributed by atoms with van der Waals surface area (Å²) < 4.78 is 0. The van der Waals surface area contributed by atoms with E-state index in [2.05, 4.69) is 19.9 Å². The van der Waals surface area contributed by atoms with Crippen LogP contribution in [-0.4, -0.2) is 11.2 Å². The van der Waals surface area contributed by atoms with Gasteiger partial charge in [0.1, 0.15) is 0 Å². The van der Waals surface area contributed by atoms with Crippen LogP contribution in [0.25, 0.3) is 0 Å². The average Bonchev–Trinajstić information content (AvgIpc) is 2.43. The topological polar surface area (TPSA) is 46.2 Å². The maximum Gasteiger partial charge on any atom is 0.0773 e. The SMILES string of the molecule is CC(C)c1cccc2c1C[C@@H](O)[C@H]2N. The van der Waals surface area contributed by atoms with Crippen molar-refractivity contribution >= 4 is 0 Å². The van der Waals surface area contributed by atoms with E-state index < -0.39 is 6.10 Å². The molecule has 1 aromatic rings. The molecule has 2 heteroatoms. The molecule has 3 N–H and O–H groups in total. The molecular weight excluding hydrogens is 174 g/mol. The van der Waals surface area contributed by atoms with Gasteiger partial charge in [0, 0.05) is 6.42 Å². The number of nitrogens with two attached hydrogens (primary N) is 1. The maximum atomic E-state index is 9.70. The van der Waals surface area contributed by atoms with Gasteiger partial charge in [0.15, 0.2) is 0 Å². The normalized spacial score (nSPS) is 25.5. The summed E-state index contributed by atoms with van der Waals surface area (Å²) in [5.74, 6) is 0.502. The molecule has 2 atom stereocenters. The lowest BCUT2D eigenvalue weighted by molar-refractivity contribution is 0.158. The fraction of sp³-hybridized carbons (Fsp3) is 0.500. The molecule has 0 fully saturated rings. The van der Waals surface area contributed by atoms with Crippen LogP contribution in [0.2, 0.25) is 0 Å². The second kappa shape index (κ2) is 3.37. The van der Waals surface area contributed by atoms with E-state index in [1.807, 2.05) is 12.1 Å². The van der Waals surface area contributed by atoms with Crippen LogP contribution in [0.15, 0.2) is 18.2 Å². The van der Waals surface area contributed by atoms with Crippen LogP contribution in [0.4, 0.5) is 0 Å². The molecule has 0 aromatic heterocycles. The number of benzene rings is 1. The fourth-order valence-corrected chi connectivity index (χ4v) is 2.26. The first kappa shape index (κ1) is 9.69. The molecule has 0 saturated heterocycles. The zero-order chi connectivity index (χ0) is 10.3. The first-order valence-corrected chi connectivity index (χ1v) is 5.16. The highest BCUT2D eigenvalue weighted by Crippen LogP contribution is 2.34. The number of hydrogen-bond acceptors (Lipinski definition) is 2. The molecule has 14 heavy (non-hydrogen) atoms. The van der Waals surface area contributed by atoms with Crippen molar-refractivity contribution in [3.05, 3.63) is 34.9 Å². The van der Waals surface area contributed by atoms with E-state index in [1.54, 1.807) is 0 Å². The minimum Gasteiger partial charge on any atom is -0.391 e. The Hall–Kier alpha value is -0.860. The van der Waals surface area contributed by atoms with E-state index in [-0.39, 0.29) is 6.04 Å². The summed E-state index contributed by atoms with van der Waals surface area (Å²) in [5.41, 5.74) is 9.63. The standard InChI is InChI=1S/C12H17NO/c1-7(2)8-4-3-5-9-10(8)6-11(14)12(9)13/h3-5,7,11-12,14H,6,13H2,1-2H3/t11-,12+/m1/s1. The molecule has 0 bridgehead atoms. The summed E-state index contributed by atoms with van der Waals surface area (Å²) >= 11 is 0. The second-order valence-corrected chi connectivity index (χ2v) is 4.37. The fourth-order valence-electron chi connectivity index (χ4n) is 2.26. The van der Waals surface area contributed by atoms with E-state index in [4.69, 9.17) is 5.73 Å². The van der Waals surface area contributed by atoms with Gasteiger partial charge < -0.3 is 10.8 Å². The Morgan fingerprint density at radius 2 is 2.14 bits per heavy atom. The van der Waals surface area contributed by atoms with Crippen LogP contribution in [0.3, 0.4) is 0 Å². The van der Waals surface area contributed by atoms with Gasteiger partial charge in [-0.2, -0.15) is 0 Å².